The number of likely N-dealkylation sites (tertiary alicyclic amines) is 1. The molecule has 2 atom stereocenters. The Balaban J connectivity index is 3.04. The molecule has 1 aliphatic rings. The lowest BCUT2D eigenvalue weighted by atomic mass is 9.84. The Bertz CT molecular complexity index is 348. The number of hydrogen-bond donors (Lipinski definition) is 0. The minimum atomic E-state index is -0.512. The van der Waals surface area contributed by atoms with Crippen LogP contribution < -0.4 is 0 Å². The van der Waals surface area contributed by atoms with Gasteiger partial charge in [0.15, 0.2) is 0 Å². The fourth-order valence-electron chi connectivity index (χ4n) is 2.69. The van der Waals surface area contributed by atoms with Crippen LogP contribution in [0.4, 0.5) is 4.79 Å². The van der Waals surface area contributed by atoms with Crippen LogP contribution in [0, 0.1) is 11.8 Å². The number of rotatable bonds is 2. The quantitative estimate of drug-likeness (QED) is 0.777. The maximum absolute atomic E-state index is 12.5. The van der Waals surface area contributed by atoms with Crippen molar-refractivity contribution in [3.05, 3.63) is 0 Å². The summed E-state index contributed by atoms with van der Waals surface area (Å²) in [5, 5.41) is 0. The third-order valence-electron chi connectivity index (χ3n) is 3.73. The molecule has 0 aromatic heterocycles. The first kappa shape index (κ1) is 17.0. The normalized spacial score (nSPS) is 24.4. The fraction of sp³-hybridized carbons (Fsp3) is 0.875. The summed E-state index contributed by atoms with van der Waals surface area (Å²) in [7, 11) is 0. The zero-order valence-electron chi connectivity index (χ0n) is 13.9. The van der Waals surface area contributed by atoms with E-state index in [2.05, 4.69) is 27.7 Å². The van der Waals surface area contributed by atoms with Gasteiger partial charge < -0.3 is 9.64 Å². The highest BCUT2D eigenvalue weighted by molar-refractivity contribution is 5.83. The molecule has 1 amide bonds. The molecule has 4 heteroatoms. The SMILES string of the molecule is CC(C)C1CC(=O)CC(C(C)C)N1C(=O)OC(C)(C)C. The summed E-state index contributed by atoms with van der Waals surface area (Å²) in [6.45, 7) is 13.8. The van der Waals surface area contributed by atoms with E-state index in [4.69, 9.17) is 4.74 Å². The lowest BCUT2D eigenvalue weighted by Crippen LogP contribution is -2.57. The lowest BCUT2D eigenvalue weighted by Gasteiger charge is -2.45. The van der Waals surface area contributed by atoms with E-state index in [-0.39, 0.29) is 35.8 Å². The Kier molecular flexibility index (Phi) is 5.22. The fourth-order valence-corrected chi connectivity index (χ4v) is 2.69. The van der Waals surface area contributed by atoms with Crippen LogP contribution in [-0.2, 0) is 9.53 Å². The standard InChI is InChI=1S/C16H29NO3/c1-10(2)13-8-12(18)9-14(11(3)4)17(13)15(19)20-16(5,6)7/h10-11,13-14H,8-9H2,1-7H3. The van der Waals surface area contributed by atoms with Gasteiger partial charge in [0.05, 0.1) is 0 Å². The molecule has 1 saturated heterocycles. The van der Waals surface area contributed by atoms with Crippen LogP contribution in [0.1, 0.15) is 61.3 Å². The van der Waals surface area contributed by atoms with Crippen LogP contribution in [0.5, 0.6) is 0 Å². The van der Waals surface area contributed by atoms with Gasteiger partial charge in [-0.05, 0) is 32.6 Å². The molecule has 0 aliphatic carbocycles. The highest BCUT2D eigenvalue weighted by Gasteiger charge is 2.42. The summed E-state index contributed by atoms with van der Waals surface area (Å²) in [5.74, 6) is 0.739. The number of carbonyl (C=O) groups is 2. The Hall–Kier alpha value is -1.06. The van der Waals surface area contributed by atoms with Crippen molar-refractivity contribution >= 4 is 11.9 Å². The summed E-state index contributed by atoms with van der Waals surface area (Å²) >= 11 is 0. The van der Waals surface area contributed by atoms with Crippen molar-refractivity contribution in [2.24, 2.45) is 11.8 Å². The highest BCUT2D eigenvalue weighted by atomic mass is 16.6. The van der Waals surface area contributed by atoms with Crippen LogP contribution in [0.3, 0.4) is 0 Å². The van der Waals surface area contributed by atoms with Crippen LogP contribution in [0.25, 0.3) is 0 Å². The van der Waals surface area contributed by atoms with Crippen LogP contribution >= 0.6 is 0 Å². The molecular weight excluding hydrogens is 254 g/mol. The number of nitrogens with zero attached hydrogens (tertiary/aromatic N) is 1. The molecule has 116 valence electrons. The van der Waals surface area contributed by atoms with Gasteiger partial charge in [0.1, 0.15) is 11.4 Å². The molecule has 0 N–H and O–H groups in total. The molecule has 0 radical (unpaired) electrons. The van der Waals surface area contributed by atoms with Crippen molar-refractivity contribution in [1.29, 1.82) is 0 Å². The van der Waals surface area contributed by atoms with Crippen LogP contribution in [-0.4, -0.2) is 34.5 Å². The zero-order valence-corrected chi connectivity index (χ0v) is 13.9. The first-order valence-electron chi connectivity index (χ1n) is 7.56. The number of amides is 1. The second-order valence-electron chi connectivity index (χ2n) is 7.46. The van der Waals surface area contributed by atoms with E-state index in [1.807, 2.05) is 25.7 Å². The smallest absolute Gasteiger partial charge is 0.410 e. The highest BCUT2D eigenvalue weighted by Crippen LogP contribution is 2.31. The van der Waals surface area contributed by atoms with Crippen molar-refractivity contribution in [2.75, 3.05) is 0 Å². The third-order valence-corrected chi connectivity index (χ3v) is 3.73. The Morgan fingerprint density at radius 3 is 1.80 bits per heavy atom. The van der Waals surface area contributed by atoms with Crippen LogP contribution in [0.2, 0.25) is 0 Å². The van der Waals surface area contributed by atoms with Crippen molar-refractivity contribution in [3.8, 4) is 0 Å². The molecule has 0 aromatic carbocycles. The van der Waals surface area contributed by atoms with E-state index in [0.29, 0.717) is 12.8 Å². The molecule has 0 aromatic rings. The molecule has 1 fully saturated rings. The van der Waals surface area contributed by atoms with Gasteiger partial charge in [-0.25, -0.2) is 4.79 Å². The molecule has 1 aliphatic heterocycles. The average molecular weight is 283 g/mol. The molecule has 2 unspecified atom stereocenters. The second-order valence-corrected chi connectivity index (χ2v) is 7.46. The van der Waals surface area contributed by atoms with E-state index >= 15 is 0 Å². The Labute approximate surface area is 122 Å². The average Bonchev–Trinajstić information content (AvgIpc) is 2.24. The van der Waals surface area contributed by atoms with Crippen molar-refractivity contribution in [1.82, 2.24) is 4.90 Å². The zero-order chi connectivity index (χ0) is 15.7. The molecule has 20 heavy (non-hydrogen) atoms. The molecule has 4 nitrogen and oxygen atoms in total. The number of carbonyl (C=O) groups excluding carboxylic acids is 2. The molecule has 1 heterocycles. The number of ketones is 1. The van der Waals surface area contributed by atoms with E-state index in [1.54, 1.807) is 0 Å². The molecule has 0 spiro atoms. The van der Waals surface area contributed by atoms with Gasteiger partial charge in [0.2, 0.25) is 0 Å². The predicted molar refractivity (Wildman–Crippen MR) is 79.6 cm³/mol. The third kappa shape index (κ3) is 4.22. The van der Waals surface area contributed by atoms with Crippen molar-refractivity contribution in [2.45, 2.75) is 79.0 Å². The number of Topliss-reactive ketones (excluding diaryl/α,β-unsaturated/α-hetero) is 1. The Morgan fingerprint density at radius 1 is 1.10 bits per heavy atom. The van der Waals surface area contributed by atoms with E-state index in [9.17, 15) is 9.59 Å². The first-order chi connectivity index (χ1) is 9.03. The summed E-state index contributed by atoms with van der Waals surface area (Å²) in [5.41, 5.74) is -0.512. The Morgan fingerprint density at radius 2 is 1.50 bits per heavy atom. The maximum Gasteiger partial charge on any atom is 0.410 e. The van der Waals surface area contributed by atoms with Gasteiger partial charge in [-0.2, -0.15) is 0 Å². The number of ether oxygens (including phenoxy) is 1. The van der Waals surface area contributed by atoms with E-state index < -0.39 is 5.60 Å². The van der Waals surface area contributed by atoms with Gasteiger partial charge in [-0.1, -0.05) is 27.7 Å². The molecule has 1 rings (SSSR count). The first-order valence-corrected chi connectivity index (χ1v) is 7.56. The van der Waals surface area contributed by atoms with E-state index in [0.717, 1.165) is 0 Å². The number of hydrogen-bond acceptors (Lipinski definition) is 3. The number of piperidine rings is 1. The van der Waals surface area contributed by atoms with Gasteiger partial charge in [0, 0.05) is 24.9 Å². The second kappa shape index (κ2) is 6.15. The van der Waals surface area contributed by atoms with Gasteiger partial charge in [-0.15, -0.1) is 0 Å². The van der Waals surface area contributed by atoms with Gasteiger partial charge in [-0.3, -0.25) is 4.79 Å². The van der Waals surface area contributed by atoms with Crippen molar-refractivity contribution in [3.63, 3.8) is 0 Å². The predicted octanol–water partition coefficient (Wildman–Crippen LogP) is 3.64. The van der Waals surface area contributed by atoms with Gasteiger partial charge >= 0.3 is 6.09 Å². The van der Waals surface area contributed by atoms with Crippen molar-refractivity contribution < 1.29 is 14.3 Å². The summed E-state index contributed by atoms with van der Waals surface area (Å²) in [6.07, 6.45) is 0.600. The summed E-state index contributed by atoms with van der Waals surface area (Å²) in [4.78, 5) is 26.3. The topological polar surface area (TPSA) is 46.6 Å². The maximum atomic E-state index is 12.5. The minimum Gasteiger partial charge on any atom is -0.444 e. The van der Waals surface area contributed by atoms with Gasteiger partial charge in [0.25, 0.3) is 0 Å². The lowest BCUT2D eigenvalue weighted by molar-refractivity contribution is -0.127. The molecule has 0 bridgehead atoms. The summed E-state index contributed by atoms with van der Waals surface area (Å²) < 4.78 is 5.55. The monoisotopic (exact) mass is 283 g/mol. The molecular formula is C16H29NO3. The summed E-state index contributed by atoms with van der Waals surface area (Å²) in [6, 6.07) is -0.114. The molecule has 0 saturated carbocycles. The largest absolute Gasteiger partial charge is 0.444 e. The minimum absolute atomic E-state index is 0.0569. The van der Waals surface area contributed by atoms with Crippen LogP contribution in [0.15, 0.2) is 0 Å². The van der Waals surface area contributed by atoms with E-state index in [1.165, 1.54) is 0 Å².